The zero-order chi connectivity index (χ0) is 19.5. The number of hydrogen-bond acceptors (Lipinski definition) is 1. The van der Waals surface area contributed by atoms with Crippen LogP contribution in [0.3, 0.4) is 0 Å². The van der Waals surface area contributed by atoms with Crippen LogP contribution >= 0.6 is 0 Å². The predicted molar refractivity (Wildman–Crippen MR) is 114 cm³/mol. The highest BCUT2D eigenvalue weighted by atomic mass is 16.3. The fourth-order valence-electron chi connectivity index (χ4n) is 7.19. The van der Waals surface area contributed by atoms with Gasteiger partial charge in [0.25, 0.3) is 0 Å². The maximum absolute atomic E-state index is 10.5. The lowest BCUT2D eigenvalue weighted by Crippen LogP contribution is -2.52. The van der Waals surface area contributed by atoms with Crippen LogP contribution in [0.2, 0.25) is 0 Å². The van der Waals surface area contributed by atoms with Gasteiger partial charge in [-0.3, -0.25) is 0 Å². The Hall–Kier alpha value is -0.0400. The van der Waals surface area contributed by atoms with E-state index in [1.807, 2.05) is 6.92 Å². The van der Waals surface area contributed by atoms with Gasteiger partial charge in [0, 0.05) is 0 Å². The summed E-state index contributed by atoms with van der Waals surface area (Å²) in [4.78, 5) is 0. The van der Waals surface area contributed by atoms with Crippen LogP contribution in [-0.4, -0.2) is 11.2 Å². The molecule has 0 spiro atoms. The Morgan fingerprint density at radius 1 is 1.00 bits per heavy atom. The molecule has 2 rings (SSSR count). The molecule has 0 aliphatic heterocycles. The highest BCUT2D eigenvalue weighted by Crippen LogP contribution is 2.60. The maximum Gasteiger partial charge on any atom is 0.0545 e. The fraction of sp³-hybridized carbons (Fsp3) is 1.00. The average molecular weight is 365 g/mol. The number of aliphatic hydroxyl groups is 1. The summed E-state index contributed by atoms with van der Waals surface area (Å²) < 4.78 is 0. The molecule has 2 saturated carbocycles. The van der Waals surface area contributed by atoms with Crippen LogP contribution in [0.15, 0.2) is 0 Å². The summed E-state index contributed by atoms with van der Waals surface area (Å²) in [6.45, 7) is 16.8. The third-order valence-electron chi connectivity index (χ3n) is 8.96. The molecule has 0 bridgehead atoms. The van der Waals surface area contributed by atoms with Crippen LogP contribution in [-0.2, 0) is 0 Å². The molecular formula is C25H48O. The Morgan fingerprint density at radius 2 is 1.69 bits per heavy atom. The lowest BCUT2D eigenvalue weighted by Gasteiger charge is -2.58. The van der Waals surface area contributed by atoms with Crippen molar-refractivity contribution in [3.8, 4) is 0 Å². The summed E-state index contributed by atoms with van der Waals surface area (Å²) in [5.74, 6) is 5.72. The standard InChI is InChI=1S/C25H48O/c1-8-18(5)13-14-21(17(3)4)22-15-16-25(7)23(19(6)26)11-10-12-24(25)20(22)9-2/h17-24,26H,8-16H2,1-7H3. The van der Waals surface area contributed by atoms with E-state index in [1.54, 1.807) is 0 Å². The molecule has 0 aromatic heterocycles. The highest BCUT2D eigenvalue weighted by Gasteiger charge is 2.53. The molecule has 8 unspecified atom stereocenters. The smallest absolute Gasteiger partial charge is 0.0545 e. The lowest BCUT2D eigenvalue weighted by atomic mass is 9.47. The maximum atomic E-state index is 10.5. The quantitative estimate of drug-likeness (QED) is 0.478. The van der Waals surface area contributed by atoms with Gasteiger partial charge in [-0.25, -0.2) is 0 Å². The van der Waals surface area contributed by atoms with Crippen molar-refractivity contribution in [2.45, 2.75) is 112 Å². The number of hydrogen-bond donors (Lipinski definition) is 1. The molecule has 0 radical (unpaired) electrons. The van der Waals surface area contributed by atoms with Crippen LogP contribution in [0, 0.1) is 46.8 Å². The molecule has 2 aliphatic carbocycles. The SMILES string of the molecule is CCC(C)CCC(C(C)C)C1CCC2(C)C(C(C)O)CCCC2C1CC. The van der Waals surface area contributed by atoms with Crippen molar-refractivity contribution in [2.24, 2.45) is 46.8 Å². The second-order valence-corrected chi connectivity index (χ2v) is 10.7. The summed E-state index contributed by atoms with van der Waals surface area (Å²) in [6.07, 6.45) is 12.1. The summed E-state index contributed by atoms with van der Waals surface area (Å²) in [5.41, 5.74) is 0.377. The van der Waals surface area contributed by atoms with Gasteiger partial charge < -0.3 is 5.11 Å². The van der Waals surface area contributed by atoms with Gasteiger partial charge in [-0.1, -0.05) is 67.2 Å². The Labute approximate surface area is 164 Å². The number of rotatable bonds is 8. The third kappa shape index (κ3) is 4.50. The summed E-state index contributed by atoms with van der Waals surface area (Å²) in [7, 11) is 0. The highest BCUT2D eigenvalue weighted by molar-refractivity contribution is 5.02. The van der Waals surface area contributed by atoms with E-state index >= 15 is 0 Å². The second-order valence-electron chi connectivity index (χ2n) is 10.7. The van der Waals surface area contributed by atoms with Gasteiger partial charge in [0.2, 0.25) is 0 Å². The van der Waals surface area contributed by atoms with E-state index in [0.29, 0.717) is 11.3 Å². The number of aliphatic hydroxyl groups excluding tert-OH is 1. The van der Waals surface area contributed by atoms with Crippen molar-refractivity contribution in [1.29, 1.82) is 0 Å². The van der Waals surface area contributed by atoms with E-state index < -0.39 is 0 Å². The fourth-order valence-corrected chi connectivity index (χ4v) is 7.19. The van der Waals surface area contributed by atoms with Gasteiger partial charge in [-0.15, -0.1) is 0 Å². The predicted octanol–water partition coefficient (Wildman–Crippen LogP) is 7.32. The van der Waals surface area contributed by atoms with Crippen LogP contribution in [0.1, 0.15) is 106 Å². The van der Waals surface area contributed by atoms with Crippen LogP contribution in [0.5, 0.6) is 0 Å². The molecule has 0 saturated heterocycles. The number of fused-ring (bicyclic) bond motifs is 1. The van der Waals surface area contributed by atoms with E-state index in [4.69, 9.17) is 0 Å². The Kier molecular flexibility index (Phi) is 8.08. The van der Waals surface area contributed by atoms with Gasteiger partial charge in [-0.2, -0.15) is 0 Å². The van der Waals surface area contributed by atoms with Gasteiger partial charge >= 0.3 is 0 Å². The summed E-state index contributed by atoms with van der Waals surface area (Å²) >= 11 is 0. The Bertz CT molecular complexity index is 414. The average Bonchev–Trinajstić information content (AvgIpc) is 2.60. The van der Waals surface area contributed by atoms with E-state index in [-0.39, 0.29) is 6.10 Å². The van der Waals surface area contributed by atoms with Crippen molar-refractivity contribution >= 4 is 0 Å². The van der Waals surface area contributed by atoms with E-state index in [2.05, 4.69) is 41.5 Å². The minimum absolute atomic E-state index is 0.136. The van der Waals surface area contributed by atoms with E-state index in [0.717, 1.165) is 35.5 Å². The van der Waals surface area contributed by atoms with E-state index in [1.165, 1.54) is 57.8 Å². The first-order valence-electron chi connectivity index (χ1n) is 11.9. The monoisotopic (exact) mass is 364 g/mol. The summed E-state index contributed by atoms with van der Waals surface area (Å²) in [5, 5.41) is 10.5. The van der Waals surface area contributed by atoms with E-state index in [9.17, 15) is 5.11 Å². The zero-order valence-electron chi connectivity index (χ0n) is 18.9. The largest absolute Gasteiger partial charge is 0.393 e. The zero-order valence-corrected chi connectivity index (χ0v) is 18.9. The molecule has 0 amide bonds. The van der Waals surface area contributed by atoms with Crippen LogP contribution < -0.4 is 0 Å². The van der Waals surface area contributed by atoms with Crippen molar-refractivity contribution in [1.82, 2.24) is 0 Å². The van der Waals surface area contributed by atoms with Crippen LogP contribution in [0.4, 0.5) is 0 Å². The van der Waals surface area contributed by atoms with Crippen LogP contribution in [0.25, 0.3) is 0 Å². The molecule has 2 fully saturated rings. The van der Waals surface area contributed by atoms with Gasteiger partial charge in [0.1, 0.15) is 0 Å². The first-order valence-corrected chi connectivity index (χ1v) is 11.9. The molecule has 2 aliphatic rings. The first-order chi connectivity index (χ1) is 12.3. The van der Waals surface area contributed by atoms with Gasteiger partial charge in [0.05, 0.1) is 6.10 Å². The summed E-state index contributed by atoms with van der Waals surface area (Å²) in [6, 6.07) is 0. The minimum Gasteiger partial charge on any atom is -0.393 e. The van der Waals surface area contributed by atoms with Gasteiger partial charge in [0.15, 0.2) is 0 Å². The molecule has 0 aromatic carbocycles. The molecule has 1 nitrogen and oxygen atoms in total. The molecule has 0 aromatic rings. The van der Waals surface area contributed by atoms with Crippen molar-refractivity contribution < 1.29 is 5.11 Å². The first kappa shape index (κ1) is 22.3. The van der Waals surface area contributed by atoms with Crippen molar-refractivity contribution in [2.75, 3.05) is 0 Å². The Morgan fingerprint density at radius 3 is 2.23 bits per heavy atom. The second kappa shape index (κ2) is 9.44. The normalized spacial score (nSPS) is 38.7. The van der Waals surface area contributed by atoms with Crippen molar-refractivity contribution in [3.63, 3.8) is 0 Å². The lowest BCUT2D eigenvalue weighted by molar-refractivity contribution is -0.111. The van der Waals surface area contributed by atoms with Crippen molar-refractivity contribution in [3.05, 3.63) is 0 Å². The Balaban J connectivity index is 2.20. The van der Waals surface area contributed by atoms with Gasteiger partial charge in [-0.05, 0) is 85.9 Å². The molecule has 1 N–H and O–H groups in total. The topological polar surface area (TPSA) is 20.2 Å². The molecule has 8 atom stereocenters. The molecular weight excluding hydrogens is 316 g/mol. The minimum atomic E-state index is -0.136. The molecule has 154 valence electrons. The molecule has 1 heteroatoms. The molecule has 26 heavy (non-hydrogen) atoms. The third-order valence-corrected chi connectivity index (χ3v) is 8.96. The molecule has 0 heterocycles.